The van der Waals surface area contributed by atoms with Gasteiger partial charge in [0.25, 0.3) is 11.8 Å². The smallest absolute Gasteiger partial charge is 0.409 e. The van der Waals surface area contributed by atoms with E-state index in [0.717, 1.165) is 5.56 Å². The molecule has 0 spiro atoms. The number of hydrogen-bond donors (Lipinski definition) is 2. The number of ether oxygens (including phenoxy) is 3. The Bertz CT molecular complexity index is 1420. The number of benzene rings is 1. The molecule has 0 aliphatic carbocycles. The SMILES string of the molecule is CCOC(=O)CCC(NC(=O)c1cc(OCC(=O)N2CCC(O)CC2)c2ccc(C)cc2n1)C(=O)N1CCN(C(=O)OCC)CC1. The molecular weight excluding hydrogens is 598 g/mol. The van der Waals surface area contributed by atoms with Gasteiger partial charge in [0.15, 0.2) is 6.61 Å². The van der Waals surface area contributed by atoms with E-state index in [4.69, 9.17) is 14.2 Å². The normalized spacial score (nSPS) is 16.1. The summed E-state index contributed by atoms with van der Waals surface area (Å²) in [5.41, 5.74) is 1.35. The standard InChI is InChI=1S/C32H43N5O9/c1-4-44-29(40)9-8-24(31(42)36-14-16-37(17-15-36)32(43)45-5-2)34-30(41)26-19-27(23-7-6-21(3)18-25(23)33-26)46-20-28(39)35-12-10-22(38)11-13-35/h6-7,18-19,22,24,38H,4-5,8-17,20H2,1-3H3,(H,34,41). The predicted octanol–water partition coefficient (Wildman–Crippen LogP) is 1.65. The maximum atomic E-state index is 13.6. The molecule has 1 aromatic carbocycles. The lowest BCUT2D eigenvalue weighted by Crippen LogP contribution is -2.56. The number of likely N-dealkylation sites (tertiary alicyclic amines) is 1. The number of aromatic nitrogens is 1. The highest BCUT2D eigenvalue weighted by Crippen LogP contribution is 2.27. The third kappa shape index (κ3) is 9.05. The van der Waals surface area contributed by atoms with Gasteiger partial charge >= 0.3 is 12.1 Å². The van der Waals surface area contributed by atoms with Gasteiger partial charge in [0.05, 0.1) is 24.8 Å². The van der Waals surface area contributed by atoms with Gasteiger partial charge in [0.2, 0.25) is 5.91 Å². The number of piperazine rings is 1. The molecule has 1 unspecified atom stereocenters. The van der Waals surface area contributed by atoms with Crippen molar-refractivity contribution >= 4 is 40.7 Å². The topological polar surface area (TPSA) is 168 Å². The number of fused-ring (bicyclic) bond motifs is 1. The molecule has 2 N–H and O–H groups in total. The highest BCUT2D eigenvalue weighted by atomic mass is 16.6. The van der Waals surface area contributed by atoms with Gasteiger partial charge in [-0.2, -0.15) is 0 Å². The Labute approximate surface area is 267 Å². The van der Waals surface area contributed by atoms with Crippen LogP contribution in [0.2, 0.25) is 0 Å². The number of aliphatic hydroxyl groups is 1. The summed E-state index contributed by atoms with van der Waals surface area (Å²) < 4.78 is 16.0. The van der Waals surface area contributed by atoms with E-state index in [-0.39, 0.29) is 76.2 Å². The van der Waals surface area contributed by atoms with E-state index >= 15 is 0 Å². The van der Waals surface area contributed by atoms with Gasteiger partial charge in [0.1, 0.15) is 17.5 Å². The number of esters is 1. The zero-order chi connectivity index (χ0) is 33.2. The summed E-state index contributed by atoms with van der Waals surface area (Å²) in [5.74, 6) is -1.50. The molecule has 2 aliphatic rings. The van der Waals surface area contributed by atoms with Gasteiger partial charge in [-0.15, -0.1) is 0 Å². The predicted molar refractivity (Wildman–Crippen MR) is 166 cm³/mol. The Kier molecular flexibility index (Phi) is 12.1. The fourth-order valence-corrected chi connectivity index (χ4v) is 5.42. The molecule has 2 aliphatic heterocycles. The van der Waals surface area contributed by atoms with Crippen LogP contribution in [0.15, 0.2) is 24.3 Å². The minimum atomic E-state index is -1.07. The highest BCUT2D eigenvalue weighted by molar-refractivity contribution is 5.99. The molecule has 2 fully saturated rings. The average Bonchev–Trinajstić information content (AvgIpc) is 3.05. The second-order valence-electron chi connectivity index (χ2n) is 11.3. The Morgan fingerprint density at radius 1 is 0.935 bits per heavy atom. The highest BCUT2D eigenvalue weighted by Gasteiger charge is 2.31. The number of pyridine rings is 1. The number of nitrogens with zero attached hydrogens (tertiary/aromatic N) is 4. The molecule has 2 aromatic rings. The van der Waals surface area contributed by atoms with Gasteiger partial charge in [-0.1, -0.05) is 6.07 Å². The summed E-state index contributed by atoms with van der Waals surface area (Å²) in [6, 6.07) is 5.83. The van der Waals surface area contributed by atoms with Crippen LogP contribution >= 0.6 is 0 Å². The summed E-state index contributed by atoms with van der Waals surface area (Å²) in [6.07, 6.45) is 0.0440. The molecule has 14 heteroatoms. The van der Waals surface area contributed by atoms with Crippen molar-refractivity contribution in [1.29, 1.82) is 0 Å². The molecule has 3 heterocycles. The monoisotopic (exact) mass is 641 g/mol. The molecule has 1 atom stereocenters. The fourth-order valence-electron chi connectivity index (χ4n) is 5.42. The molecule has 250 valence electrons. The lowest BCUT2D eigenvalue weighted by atomic mass is 10.1. The first-order valence-electron chi connectivity index (χ1n) is 15.8. The van der Waals surface area contributed by atoms with Crippen LogP contribution in [-0.2, 0) is 23.9 Å². The van der Waals surface area contributed by atoms with Crippen LogP contribution < -0.4 is 10.1 Å². The molecule has 0 bridgehead atoms. The van der Waals surface area contributed by atoms with Crippen LogP contribution in [0, 0.1) is 6.92 Å². The van der Waals surface area contributed by atoms with Crippen molar-refractivity contribution in [3.05, 3.63) is 35.5 Å². The summed E-state index contributed by atoms with van der Waals surface area (Å²) in [5, 5.41) is 13.1. The summed E-state index contributed by atoms with van der Waals surface area (Å²) >= 11 is 0. The lowest BCUT2D eigenvalue weighted by molar-refractivity contribution is -0.143. The van der Waals surface area contributed by atoms with Crippen molar-refractivity contribution in [3.63, 3.8) is 0 Å². The number of amides is 4. The van der Waals surface area contributed by atoms with Gasteiger partial charge in [0, 0.05) is 57.1 Å². The van der Waals surface area contributed by atoms with Crippen LogP contribution in [-0.4, -0.2) is 126 Å². The first-order chi connectivity index (χ1) is 22.1. The van der Waals surface area contributed by atoms with E-state index < -0.39 is 36.0 Å². The van der Waals surface area contributed by atoms with Gasteiger partial charge in [-0.05, 0) is 57.7 Å². The maximum absolute atomic E-state index is 13.6. The van der Waals surface area contributed by atoms with Crippen molar-refractivity contribution < 1.29 is 43.3 Å². The van der Waals surface area contributed by atoms with Crippen molar-refractivity contribution in [2.45, 2.75) is 58.6 Å². The van der Waals surface area contributed by atoms with E-state index in [1.54, 1.807) is 35.8 Å². The van der Waals surface area contributed by atoms with Crippen molar-refractivity contribution in [1.82, 2.24) is 25.0 Å². The maximum Gasteiger partial charge on any atom is 0.409 e. The summed E-state index contributed by atoms with van der Waals surface area (Å²) in [7, 11) is 0. The van der Waals surface area contributed by atoms with Crippen molar-refractivity contribution in [2.24, 2.45) is 0 Å². The molecule has 2 saturated heterocycles. The van der Waals surface area contributed by atoms with E-state index in [1.807, 2.05) is 13.0 Å². The van der Waals surface area contributed by atoms with Crippen molar-refractivity contribution in [3.8, 4) is 5.75 Å². The number of piperidine rings is 1. The zero-order valence-electron chi connectivity index (χ0n) is 26.7. The van der Waals surface area contributed by atoms with E-state index in [1.165, 1.54) is 11.0 Å². The largest absolute Gasteiger partial charge is 0.483 e. The zero-order valence-corrected chi connectivity index (χ0v) is 26.7. The Balaban J connectivity index is 1.51. The number of aliphatic hydroxyl groups excluding tert-OH is 1. The minimum Gasteiger partial charge on any atom is -0.483 e. The molecule has 14 nitrogen and oxygen atoms in total. The van der Waals surface area contributed by atoms with Crippen LogP contribution in [0.1, 0.15) is 55.6 Å². The third-order valence-electron chi connectivity index (χ3n) is 7.99. The number of rotatable bonds is 11. The van der Waals surface area contributed by atoms with E-state index in [2.05, 4.69) is 10.3 Å². The minimum absolute atomic E-state index is 0.00340. The van der Waals surface area contributed by atoms with Crippen LogP contribution in [0.3, 0.4) is 0 Å². The number of carbonyl (C=O) groups is 5. The van der Waals surface area contributed by atoms with Gasteiger partial charge < -0.3 is 39.3 Å². The first kappa shape index (κ1) is 34.4. The number of carbonyl (C=O) groups excluding carboxylic acids is 5. The lowest BCUT2D eigenvalue weighted by Gasteiger charge is -2.36. The van der Waals surface area contributed by atoms with E-state index in [9.17, 15) is 29.1 Å². The molecule has 0 saturated carbocycles. The number of aryl methyl sites for hydroxylation is 1. The molecule has 0 radical (unpaired) electrons. The Hall–Kier alpha value is -4.46. The first-order valence-corrected chi connectivity index (χ1v) is 15.8. The van der Waals surface area contributed by atoms with Gasteiger partial charge in [-0.3, -0.25) is 19.2 Å². The quantitative estimate of drug-likeness (QED) is 0.344. The second kappa shape index (κ2) is 16.2. The summed E-state index contributed by atoms with van der Waals surface area (Å²) in [6.45, 7) is 7.34. The number of hydrogen-bond acceptors (Lipinski definition) is 10. The Morgan fingerprint density at radius 2 is 1.61 bits per heavy atom. The molecule has 4 rings (SSSR count). The second-order valence-corrected chi connectivity index (χ2v) is 11.3. The van der Waals surface area contributed by atoms with Crippen LogP contribution in [0.25, 0.3) is 10.9 Å². The van der Waals surface area contributed by atoms with Crippen LogP contribution in [0.5, 0.6) is 5.75 Å². The average molecular weight is 642 g/mol. The number of nitrogens with one attached hydrogen (secondary N) is 1. The molecule has 4 amide bonds. The Morgan fingerprint density at radius 3 is 2.28 bits per heavy atom. The molecule has 46 heavy (non-hydrogen) atoms. The fraction of sp³-hybridized carbons (Fsp3) is 0.562. The summed E-state index contributed by atoms with van der Waals surface area (Å²) in [4.78, 5) is 73.6. The van der Waals surface area contributed by atoms with Gasteiger partial charge in [-0.25, -0.2) is 9.78 Å². The molecule has 1 aromatic heterocycles. The van der Waals surface area contributed by atoms with Crippen LogP contribution in [0.4, 0.5) is 4.79 Å². The van der Waals surface area contributed by atoms with E-state index in [0.29, 0.717) is 36.8 Å². The third-order valence-corrected chi connectivity index (χ3v) is 7.99. The molecular formula is C32H43N5O9. The van der Waals surface area contributed by atoms with Crippen molar-refractivity contribution in [2.75, 3.05) is 59.1 Å².